The zero-order chi connectivity index (χ0) is 12.7. The van der Waals surface area contributed by atoms with E-state index in [9.17, 15) is 0 Å². The number of thiophene rings is 1. The van der Waals surface area contributed by atoms with Crippen LogP contribution < -0.4 is 0 Å². The normalized spacial score (nSPS) is 12.9. The summed E-state index contributed by atoms with van der Waals surface area (Å²) in [5.41, 5.74) is 0. The third kappa shape index (κ3) is 5.76. The third-order valence-corrected chi connectivity index (χ3v) is 5.83. The van der Waals surface area contributed by atoms with E-state index in [0.29, 0.717) is 0 Å². The molecule has 3 heteroatoms. The quantitative estimate of drug-likeness (QED) is 0.359. The van der Waals surface area contributed by atoms with Gasteiger partial charge in [0.05, 0.1) is 5.38 Å². The van der Waals surface area contributed by atoms with E-state index in [0.717, 1.165) is 6.42 Å². The Balaban J connectivity index is 2.19. The molecular weight excluding hydrogens is 316 g/mol. The Morgan fingerprint density at radius 1 is 1.24 bits per heavy atom. The molecule has 0 aliphatic heterocycles. The van der Waals surface area contributed by atoms with Crippen LogP contribution in [-0.2, 0) is 0 Å². The molecule has 0 saturated carbocycles. The summed E-state index contributed by atoms with van der Waals surface area (Å²) in [5, 5.41) is 0.205. The second kappa shape index (κ2) is 8.55. The zero-order valence-electron chi connectivity index (χ0n) is 10.8. The van der Waals surface area contributed by atoms with Crippen LogP contribution in [0, 0.1) is 6.92 Å². The summed E-state index contributed by atoms with van der Waals surface area (Å²) in [6.45, 7) is 4.39. The molecule has 1 unspecified atom stereocenters. The van der Waals surface area contributed by atoms with E-state index in [1.165, 1.54) is 52.8 Å². The average Bonchev–Trinajstić information content (AvgIpc) is 2.64. The van der Waals surface area contributed by atoms with Gasteiger partial charge in [-0.05, 0) is 35.3 Å². The van der Waals surface area contributed by atoms with Gasteiger partial charge >= 0.3 is 0 Å². The fraction of sp³-hybridized carbons (Fsp3) is 0.714. The molecule has 0 radical (unpaired) electrons. The molecule has 1 atom stereocenters. The molecule has 0 aliphatic carbocycles. The van der Waals surface area contributed by atoms with E-state index in [4.69, 9.17) is 11.6 Å². The number of unbranched alkanes of at least 4 members (excludes halogenated alkanes) is 5. The van der Waals surface area contributed by atoms with Crippen LogP contribution >= 0.6 is 38.9 Å². The topological polar surface area (TPSA) is 0 Å². The molecule has 0 bridgehead atoms. The smallest absolute Gasteiger partial charge is 0.0679 e. The Kier molecular flexibility index (Phi) is 7.81. The molecular formula is C14H22BrClS. The van der Waals surface area contributed by atoms with Crippen LogP contribution in [0.15, 0.2) is 10.5 Å². The minimum atomic E-state index is 0.205. The van der Waals surface area contributed by atoms with E-state index < -0.39 is 0 Å². The fourth-order valence-electron chi connectivity index (χ4n) is 1.88. The van der Waals surface area contributed by atoms with Crippen molar-refractivity contribution >= 4 is 38.9 Å². The highest BCUT2D eigenvalue weighted by Crippen LogP contribution is 2.36. The Labute approximate surface area is 123 Å². The summed E-state index contributed by atoms with van der Waals surface area (Å²) >= 11 is 11.8. The maximum Gasteiger partial charge on any atom is 0.0679 e. The minimum Gasteiger partial charge on any atom is -0.143 e. The molecule has 0 amide bonds. The molecule has 1 aromatic rings. The first-order valence-corrected chi connectivity index (χ1v) is 8.59. The van der Waals surface area contributed by atoms with Crippen molar-refractivity contribution in [2.75, 3.05) is 0 Å². The highest BCUT2D eigenvalue weighted by Gasteiger charge is 2.12. The van der Waals surface area contributed by atoms with Crippen LogP contribution in [0.3, 0.4) is 0 Å². The van der Waals surface area contributed by atoms with Gasteiger partial charge in [-0.2, -0.15) is 0 Å². The van der Waals surface area contributed by atoms with Gasteiger partial charge in [0.1, 0.15) is 0 Å². The number of rotatable bonds is 8. The van der Waals surface area contributed by atoms with E-state index in [-0.39, 0.29) is 5.38 Å². The van der Waals surface area contributed by atoms with Gasteiger partial charge in [0.2, 0.25) is 0 Å². The SMILES string of the molecule is CCCCCCCCC(Cl)c1cc(Br)c(C)s1. The first kappa shape index (κ1) is 15.5. The van der Waals surface area contributed by atoms with Gasteiger partial charge in [0, 0.05) is 14.2 Å². The maximum atomic E-state index is 6.42. The first-order chi connectivity index (χ1) is 8.15. The Morgan fingerprint density at radius 3 is 2.47 bits per heavy atom. The van der Waals surface area contributed by atoms with Crippen molar-refractivity contribution in [2.24, 2.45) is 0 Å². The van der Waals surface area contributed by atoms with Crippen molar-refractivity contribution in [1.29, 1.82) is 0 Å². The number of alkyl halides is 1. The molecule has 0 fully saturated rings. The van der Waals surface area contributed by atoms with Gasteiger partial charge in [-0.3, -0.25) is 0 Å². The molecule has 98 valence electrons. The number of aryl methyl sites for hydroxylation is 1. The Hall–Kier alpha value is 0.470. The predicted molar refractivity (Wildman–Crippen MR) is 83.3 cm³/mol. The average molecular weight is 338 g/mol. The molecule has 1 heterocycles. The van der Waals surface area contributed by atoms with Gasteiger partial charge in [-0.25, -0.2) is 0 Å². The lowest BCUT2D eigenvalue weighted by Crippen LogP contribution is -1.87. The largest absolute Gasteiger partial charge is 0.143 e. The van der Waals surface area contributed by atoms with Gasteiger partial charge < -0.3 is 0 Å². The van der Waals surface area contributed by atoms with Crippen LogP contribution in [0.1, 0.15) is 67.0 Å². The minimum absolute atomic E-state index is 0.205. The Bertz CT molecular complexity index is 303. The summed E-state index contributed by atoms with van der Waals surface area (Å²) < 4.78 is 1.20. The van der Waals surface area contributed by atoms with Gasteiger partial charge in [-0.1, -0.05) is 45.4 Å². The third-order valence-electron chi connectivity index (χ3n) is 3.00. The molecule has 0 saturated heterocycles. The summed E-state index contributed by atoms with van der Waals surface area (Å²) in [7, 11) is 0. The summed E-state index contributed by atoms with van der Waals surface area (Å²) in [4.78, 5) is 2.64. The summed E-state index contributed by atoms with van der Waals surface area (Å²) in [6.07, 6.45) is 9.14. The van der Waals surface area contributed by atoms with Crippen LogP contribution in [-0.4, -0.2) is 0 Å². The van der Waals surface area contributed by atoms with Crippen molar-refractivity contribution in [2.45, 2.75) is 64.2 Å². The fourth-order valence-corrected chi connectivity index (χ4v) is 3.81. The van der Waals surface area contributed by atoms with Crippen molar-refractivity contribution in [3.8, 4) is 0 Å². The standard InChI is InChI=1S/C14H22BrClS/c1-3-4-5-6-7-8-9-13(16)14-10-12(15)11(2)17-14/h10,13H,3-9H2,1-2H3. The maximum absolute atomic E-state index is 6.42. The van der Waals surface area contributed by atoms with Crippen LogP contribution in [0.2, 0.25) is 0 Å². The molecule has 1 rings (SSSR count). The summed E-state index contributed by atoms with van der Waals surface area (Å²) in [5.74, 6) is 0. The first-order valence-electron chi connectivity index (χ1n) is 6.55. The number of hydrogen-bond acceptors (Lipinski definition) is 1. The highest BCUT2D eigenvalue weighted by atomic mass is 79.9. The van der Waals surface area contributed by atoms with Crippen LogP contribution in [0.4, 0.5) is 0 Å². The Morgan fingerprint density at radius 2 is 1.88 bits per heavy atom. The van der Waals surface area contributed by atoms with Crippen molar-refractivity contribution in [3.05, 3.63) is 20.3 Å². The molecule has 0 nitrogen and oxygen atoms in total. The summed E-state index contributed by atoms with van der Waals surface area (Å²) in [6, 6.07) is 2.18. The second-order valence-electron chi connectivity index (χ2n) is 4.58. The van der Waals surface area contributed by atoms with Crippen LogP contribution in [0.5, 0.6) is 0 Å². The molecule has 0 spiro atoms. The van der Waals surface area contributed by atoms with E-state index in [1.807, 2.05) is 11.3 Å². The number of halogens is 2. The van der Waals surface area contributed by atoms with Crippen molar-refractivity contribution in [1.82, 2.24) is 0 Å². The van der Waals surface area contributed by atoms with Crippen LogP contribution in [0.25, 0.3) is 0 Å². The monoisotopic (exact) mass is 336 g/mol. The molecule has 0 N–H and O–H groups in total. The molecule has 1 aromatic heterocycles. The highest BCUT2D eigenvalue weighted by molar-refractivity contribution is 9.10. The van der Waals surface area contributed by atoms with Gasteiger partial charge in [0.25, 0.3) is 0 Å². The number of hydrogen-bond donors (Lipinski definition) is 0. The molecule has 17 heavy (non-hydrogen) atoms. The zero-order valence-corrected chi connectivity index (χ0v) is 13.9. The predicted octanol–water partition coefficient (Wildman–Crippen LogP) is 6.85. The molecule has 0 aliphatic rings. The van der Waals surface area contributed by atoms with Gasteiger partial charge in [-0.15, -0.1) is 22.9 Å². The lowest BCUT2D eigenvalue weighted by atomic mass is 10.1. The lowest BCUT2D eigenvalue weighted by molar-refractivity contribution is 0.586. The van der Waals surface area contributed by atoms with E-state index in [1.54, 1.807) is 0 Å². The van der Waals surface area contributed by atoms with Crippen molar-refractivity contribution < 1.29 is 0 Å². The van der Waals surface area contributed by atoms with E-state index in [2.05, 4.69) is 35.8 Å². The van der Waals surface area contributed by atoms with Crippen molar-refractivity contribution in [3.63, 3.8) is 0 Å². The van der Waals surface area contributed by atoms with E-state index >= 15 is 0 Å². The lowest BCUT2D eigenvalue weighted by Gasteiger charge is -2.06. The molecule has 0 aromatic carbocycles. The second-order valence-corrected chi connectivity index (χ2v) is 7.25. The van der Waals surface area contributed by atoms with Gasteiger partial charge in [0.15, 0.2) is 0 Å².